The number of allylic oxidation sites excluding steroid dienone is 2. The second-order valence-electron chi connectivity index (χ2n) is 4.48. The molecule has 0 saturated heterocycles. The van der Waals surface area contributed by atoms with E-state index in [0.29, 0.717) is 6.61 Å². The Morgan fingerprint density at radius 1 is 1.44 bits per heavy atom. The van der Waals surface area contributed by atoms with Gasteiger partial charge in [0.25, 0.3) is 0 Å². The van der Waals surface area contributed by atoms with E-state index in [9.17, 15) is 0 Å². The molecule has 0 bridgehead atoms. The standard InChI is InChI=1S/C14H26O2/c1-7-14(6,11-9-10-12(3)4)16-13(5)15-8-2/h7,10,13H,1,8-9,11H2,2-6H3/t13-,14+/m0/s1. The van der Waals surface area contributed by atoms with Gasteiger partial charge in [-0.05, 0) is 47.5 Å². The normalized spacial score (nSPS) is 16.3. The van der Waals surface area contributed by atoms with E-state index in [4.69, 9.17) is 9.47 Å². The van der Waals surface area contributed by atoms with Crippen molar-refractivity contribution in [1.82, 2.24) is 0 Å². The maximum Gasteiger partial charge on any atom is 0.155 e. The lowest BCUT2D eigenvalue weighted by Crippen LogP contribution is -2.31. The fourth-order valence-corrected chi connectivity index (χ4v) is 1.50. The summed E-state index contributed by atoms with van der Waals surface area (Å²) in [5.41, 5.74) is 1.03. The van der Waals surface area contributed by atoms with Crippen molar-refractivity contribution in [3.8, 4) is 0 Å². The van der Waals surface area contributed by atoms with Crippen molar-refractivity contribution in [2.75, 3.05) is 6.61 Å². The highest BCUT2D eigenvalue weighted by Gasteiger charge is 2.23. The van der Waals surface area contributed by atoms with Crippen LogP contribution in [0.15, 0.2) is 24.3 Å². The predicted molar refractivity (Wildman–Crippen MR) is 69.4 cm³/mol. The molecule has 16 heavy (non-hydrogen) atoms. The number of ether oxygens (including phenoxy) is 2. The fourth-order valence-electron chi connectivity index (χ4n) is 1.50. The summed E-state index contributed by atoms with van der Waals surface area (Å²) in [6, 6.07) is 0. The van der Waals surface area contributed by atoms with Crippen LogP contribution >= 0.6 is 0 Å². The lowest BCUT2D eigenvalue weighted by atomic mass is 9.99. The predicted octanol–water partition coefficient (Wildman–Crippen LogP) is 4.08. The monoisotopic (exact) mass is 226 g/mol. The maximum atomic E-state index is 5.84. The SMILES string of the molecule is C=C[C@](C)(CCC=C(C)C)O[C@@H](C)OCC. The molecule has 2 heteroatoms. The molecule has 0 aromatic heterocycles. The van der Waals surface area contributed by atoms with E-state index in [0.717, 1.165) is 12.8 Å². The van der Waals surface area contributed by atoms with Gasteiger partial charge in [0.2, 0.25) is 0 Å². The molecule has 0 aromatic rings. The summed E-state index contributed by atoms with van der Waals surface area (Å²) < 4.78 is 11.2. The first kappa shape index (κ1) is 15.4. The van der Waals surface area contributed by atoms with Crippen molar-refractivity contribution >= 4 is 0 Å². The molecule has 0 aliphatic rings. The molecule has 0 unspecified atom stereocenters. The quantitative estimate of drug-likeness (QED) is 0.458. The zero-order valence-electron chi connectivity index (χ0n) is 11.4. The van der Waals surface area contributed by atoms with Gasteiger partial charge in [0, 0.05) is 6.61 Å². The zero-order valence-corrected chi connectivity index (χ0v) is 11.4. The van der Waals surface area contributed by atoms with Gasteiger partial charge < -0.3 is 9.47 Å². The summed E-state index contributed by atoms with van der Waals surface area (Å²) in [5, 5.41) is 0. The van der Waals surface area contributed by atoms with Crippen molar-refractivity contribution in [2.24, 2.45) is 0 Å². The number of hydrogen-bond donors (Lipinski definition) is 0. The summed E-state index contributed by atoms with van der Waals surface area (Å²) >= 11 is 0. The van der Waals surface area contributed by atoms with E-state index >= 15 is 0 Å². The van der Waals surface area contributed by atoms with Gasteiger partial charge in [-0.1, -0.05) is 17.7 Å². The molecule has 0 heterocycles. The van der Waals surface area contributed by atoms with Gasteiger partial charge in [0.1, 0.15) is 0 Å². The summed E-state index contributed by atoms with van der Waals surface area (Å²) in [6.07, 6.45) is 5.83. The molecule has 0 aliphatic heterocycles. The van der Waals surface area contributed by atoms with Gasteiger partial charge in [-0.2, -0.15) is 0 Å². The Morgan fingerprint density at radius 3 is 2.50 bits per heavy atom. The van der Waals surface area contributed by atoms with E-state index in [2.05, 4.69) is 26.5 Å². The minimum atomic E-state index is -0.305. The Balaban J connectivity index is 4.19. The Labute approximate surface area is 100 Å². The van der Waals surface area contributed by atoms with Crippen LogP contribution in [0.25, 0.3) is 0 Å². The Morgan fingerprint density at radius 2 is 2.06 bits per heavy atom. The lowest BCUT2D eigenvalue weighted by Gasteiger charge is -2.29. The molecule has 94 valence electrons. The van der Waals surface area contributed by atoms with Crippen LogP contribution in [0.2, 0.25) is 0 Å². The van der Waals surface area contributed by atoms with E-state index < -0.39 is 0 Å². The van der Waals surface area contributed by atoms with Gasteiger partial charge in [-0.3, -0.25) is 0 Å². The van der Waals surface area contributed by atoms with Gasteiger partial charge in [-0.15, -0.1) is 6.58 Å². The van der Waals surface area contributed by atoms with Crippen molar-refractivity contribution in [1.29, 1.82) is 0 Å². The smallest absolute Gasteiger partial charge is 0.155 e. The van der Waals surface area contributed by atoms with Gasteiger partial charge in [-0.25, -0.2) is 0 Å². The molecule has 0 radical (unpaired) electrons. The molecule has 0 aliphatic carbocycles. The van der Waals surface area contributed by atoms with Gasteiger partial charge >= 0.3 is 0 Å². The van der Waals surface area contributed by atoms with Crippen LogP contribution in [-0.2, 0) is 9.47 Å². The van der Waals surface area contributed by atoms with Crippen LogP contribution in [-0.4, -0.2) is 18.5 Å². The summed E-state index contributed by atoms with van der Waals surface area (Å²) in [6.45, 7) is 14.7. The summed E-state index contributed by atoms with van der Waals surface area (Å²) in [4.78, 5) is 0. The molecule has 0 N–H and O–H groups in total. The second-order valence-corrected chi connectivity index (χ2v) is 4.48. The Hall–Kier alpha value is -0.600. The molecule has 0 spiro atoms. The molecule has 0 aromatic carbocycles. The van der Waals surface area contributed by atoms with Crippen molar-refractivity contribution < 1.29 is 9.47 Å². The lowest BCUT2D eigenvalue weighted by molar-refractivity contribution is -0.180. The van der Waals surface area contributed by atoms with E-state index in [-0.39, 0.29) is 11.9 Å². The van der Waals surface area contributed by atoms with E-state index in [1.807, 2.05) is 26.8 Å². The minimum absolute atomic E-state index is 0.181. The molecule has 2 nitrogen and oxygen atoms in total. The summed E-state index contributed by atoms with van der Waals surface area (Å²) in [5.74, 6) is 0. The molecule has 0 rings (SSSR count). The third-order valence-electron chi connectivity index (χ3n) is 2.46. The molecular weight excluding hydrogens is 200 g/mol. The van der Waals surface area contributed by atoms with Gasteiger partial charge in [0.05, 0.1) is 5.60 Å². The van der Waals surface area contributed by atoms with Crippen molar-refractivity contribution in [2.45, 2.75) is 59.4 Å². The highest BCUT2D eigenvalue weighted by Crippen LogP contribution is 2.22. The Bertz CT molecular complexity index is 229. The van der Waals surface area contributed by atoms with E-state index in [1.165, 1.54) is 5.57 Å². The van der Waals surface area contributed by atoms with Crippen LogP contribution < -0.4 is 0 Å². The topological polar surface area (TPSA) is 18.5 Å². The number of hydrogen-bond acceptors (Lipinski definition) is 2. The fraction of sp³-hybridized carbons (Fsp3) is 0.714. The first-order valence-corrected chi connectivity index (χ1v) is 6.00. The molecule has 0 fully saturated rings. The second kappa shape index (κ2) is 7.64. The minimum Gasteiger partial charge on any atom is -0.353 e. The Kier molecular flexibility index (Phi) is 7.35. The van der Waals surface area contributed by atoms with Crippen LogP contribution in [0.3, 0.4) is 0 Å². The molecule has 2 atom stereocenters. The van der Waals surface area contributed by atoms with Gasteiger partial charge in [0.15, 0.2) is 6.29 Å². The molecule has 0 saturated carbocycles. The first-order chi connectivity index (χ1) is 7.43. The number of rotatable bonds is 8. The highest BCUT2D eigenvalue weighted by molar-refractivity contribution is 4.99. The highest BCUT2D eigenvalue weighted by atomic mass is 16.7. The van der Waals surface area contributed by atoms with Crippen LogP contribution in [0.4, 0.5) is 0 Å². The van der Waals surface area contributed by atoms with Crippen molar-refractivity contribution in [3.05, 3.63) is 24.3 Å². The average molecular weight is 226 g/mol. The summed E-state index contributed by atoms with van der Waals surface area (Å²) in [7, 11) is 0. The van der Waals surface area contributed by atoms with E-state index in [1.54, 1.807) is 0 Å². The zero-order chi connectivity index (χ0) is 12.6. The third-order valence-corrected chi connectivity index (χ3v) is 2.46. The molecular formula is C14H26O2. The van der Waals surface area contributed by atoms with Crippen LogP contribution in [0.1, 0.15) is 47.5 Å². The van der Waals surface area contributed by atoms with Crippen LogP contribution in [0, 0.1) is 0 Å². The van der Waals surface area contributed by atoms with Crippen molar-refractivity contribution in [3.63, 3.8) is 0 Å². The average Bonchev–Trinajstić information content (AvgIpc) is 2.17. The third kappa shape index (κ3) is 6.81. The molecule has 0 amide bonds. The first-order valence-electron chi connectivity index (χ1n) is 6.00. The van der Waals surface area contributed by atoms with Crippen LogP contribution in [0.5, 0.6) is 0 Å². The maximum absolute atomic E-state index is 5.84. The largest absolute Gasteiger partial charge is 0.353 e.